The number of nitrogens with one attached hydrogen (secondary N) is 2. The number of pyridine rings is 1. The molecule has 2 aromatic rings. The van der Waals surface area contributed by atoms with Gasteiger partial charge in [-0.25, -0.2) is 4.39 Å². The van der Waals surface area contributed by atoms with Gasteiger partial charge >= 0.3 is 0 Å². The van der Waals surface area contributed by atoms with Gasteiger partial charge in [0.25, 0.3) is 0 Å². The number of fused-ring (bicyclic) bond motifs is 1. The van der Waals surface area contributed by atoms with Crippen molar-refractivity contribution in [3.63, 3.8) is 0 Å². The number of carbonyl (C=O) groups is 1. The minimum absolute atomic E-state index is 0.163. The first-order valence-electron chi connectivity index (χ1n) is 4.53. The number of carbonyl (C=O) groups excluding carboxylic acids is 1. The molecule has 2 heterocycles. The molecule has 0 aliphatic rings. The monoisotopic (exact) mass is 207 g/mol. The molecule has 15 heavy (non-hydrogen) atoms. The molecule has 0 atom stereocenters. The fourth-order valence-electron chi connectivity index (χ4n) is 1.39. The summed E-state index contributed by atoms with van der Waals surface area (Å²) in [5.74, 6) is -0.543. The van der Waals surface area contributed by atoms with Crippen molar-refractivity contribution in [1.29, 1.82) is 0 Å². The summed E-state index contributed by atoms with van der Waals surface area (Å²) in [6, 6.07) is 1.69. The molecule has 0 spiro atoms. The van der Waals surface area contributed by atoms with E-state index in [1.54, 1.807) is 12.3 Å². The van der Waals surface area contributed by atoms with Gasteiger partial charge in [0.1, 0.15) is 0 Å². The van der Waals surface area contributed by atoms with Crippen LogP contribution in [-0.4, -0.2) is 15.9 Å². The van der Waals surface area contributed by atoms with Crippen molar-refractivity contribution in [2.45, 2.75) is 13.5 Å². The summed E-state index contributed by atoms with van der Waals surface area (Å²) in [7, 11) is 0. The zero-order valence-electron chi connectivity index (χ0n) is 8.17. The van der Waals surface area contributed by atoms with E-state index in [2.05, 4.69) is 15.3 Å². The van der Waals surface area contributed by atoms with E-state index in [0.717, 1.165) is 0 Å². The van der Waals surface area contributed by atoms with Crippen LogP contribution in [0.25, 0.3) is 10.9 Å². The fraction of sp³-hybridized carbons (Fsp3) is 0.200. The van der Waals surface area contributed by atoms with Gasteiger partial charge in [-0.1, -0.05) is 0 Å². The number of hydrogen-bond donors (Lipinski definition) is 2. The van der Waals surface area contributed by atoms with Crippen LogP contribution in [0.15, 0.2) is 18.5 Å². The first kappa shape index (κ1) is 9.64. The quantitative estimate of drug-likeness (QED) is 0.780. The Hall–Kier alpha value is -1.91. The molecule has 0 bridgehead atoms. The third kappa shape index (κ3) is 1.81. The molecule has 78 valence electrons. The Kier molecular flexibility index (Phi) is 2.37. The molecular weight excluding hydrogens is 197 g/mol. The fourth-order valence-corrected chi connectivity index (χ4v) is 1.39. The van der Waals surface area contributed by atoms with Crippen LogP contribution in [-0.2, 0) is 11.3 Å². The number of aromatic nitrogens is 2. The lowest BCUT2D eigenvalue weighted by Gasteiger charge is -1.98. The third-order valence-electron chi connectivity index (χ3n) is 2.12. The number of aromatic amines is 1. The van der Waals surface area contributed by atoms with Gasteiger partial charge < -0.3 is 10.3 Å². The van der Waals surface area contributed by atoms with E-state index in [1.807, 2.05) is 0 Å². The summed E-state index contributed by atoms with van der Waals surface area (Å²) in [4.78, 5) is 17.4. The maximum Gasteiger partial charge on any atom is 0.217 e. The number of hydrogen-bond acceptors (Lipinski definition) is 2. The molecule has 0 aromatic carbocycles. The number of rotatable bonds is 2. The van der Waals surface area contributed by atoms with Gasteiger partial charge in [-0.3, -0.25) is 9.78 Å². The van der Waals surface area contributed by atoms with Crippen molar-refractivity contribution in [2.75, 3.05) is 0 Å². The molecule has 0 fully saturated rings. The lowest BCUT2D eigenvalue weighted by Crippen LogP contribution is -2.19. The summed E-state index contributed by atoms with van der Waals surface area (Å²) in [5, 5.41) is 2.98. The van der Waals surface area contributed by atoms with E-state index in [1.165, 1.54) is 13.1 Å². The largest absolute Gasteiger partial charge is 0.354 e. The zero-order valence-corrected chi connectivity index (χ0v) is 8.17. The van der Waals surface area contributed by atoms with Crippen molar-refractivity contribution in [1.82, 2.24) is 15.3 Å². The Bertz CT molecular complexity index is 506. The second kappa shape index (κ2) is 3.68. The highest BCUT2D eigenvalue weighted by Crippen LogP contribution is 2.19. The Morgan fingerprint density at radius 1 is 1.67 bits per heavy atom. The Balaban J connectivity index is 2.36. The lowest BCUT2D eigenvalue weighted by atomic mass is 10.3. The van der Waals surface area contributed by atoms with Crippen molar-refractivity contribution >= 4 is 16.8 Å². The zero-order chi connectivity index (χ0) is 10.8. The maximum atomic E-state index is 13.7. The van der Waals surface area contributed by atoms with E-state index in [0.29, 0.717) is 16.6 Å². The molecular formula is C10H10FN3O. The number of H-pyrrole nitrogens is 1. The highest BCUT2D eigenvalue weighted by atomic mass is 19.1. The highest BCUT2D eigenvalue weighted by Gasteiger charge is 2.10. The number of halogens is 1. The number of amides is 1. The summed E-state index contributed by atoms with van der Waals surface area (Å²) in [5.41, 5.74) is 1.05. The Morgan fingerprint density at radius 3 is 3.13 bits per heavy atom. The lowest BCUT2D eigenvalue weighted by molar-refractivity contribution is -0.119. The molecule has 2 rings (SSSR count). The summed E-state index contributed by atoms with van der Waals surface area (Å²) >= 11 is 0. The molecule has 2 aromatic heterocycles. The normalized spacial score (nSPS) is 10.5. The Morgan fingerprint density at radius 2 is 2.47 bits per heavy atom. The van der Waals surface area contributed by atoms with Crippen LogP contribution in [0.1, 0.15) is 12.6 Å². The predicted octanol–water partition coefficient (Wildman–Crippen LogP) is 1.34. The number of nitrogens with zero attached hydrogens (tertiary/aromatic N) is 1. The van der Waals surface area contributed by atoms with Gasteiger partial charge in [0.05, 0.1) is 23.1 Å². The predicted molar refractivity (Wildman–Crippen MR) is 53.6 cm³/mol. The molecule has 0 aliphatic heterocycles. The van der Waals surface area contributed by atoms with Gasteiger partial charge in [0.15, 0.2) is 5.82 Å². The first-order valence-corrected chi connectivity index (χ1v) is 4.53. The summed E-state index contributed by atoms with van der Waals surface area (Å²) < 4.78 is 13.7. The second-order valence-electron chi connectivity index (χ2n) is 3.25. The molecule has 0 aliphatic carbocycles. The first-order chi connectivity index (χ1) is 7.18. The van der Waals surface area contributed by atoms with E-state index < -0.39 is 0 Å². The van der Waals surface area contributed by atoms with Gasteiger partial charge in [0, 0.05) is 19.3 Å². The Labute approximate surface area is 85.5 Å². The van der Waals surface area contributed by atoms with Crippen LogP contribution in [0.5, 0.6) is 0 Å². The van der Waals surface area contributed by atoms with Crippen LogP contribution in [0.2, 0.25) is 0 Å². The molecule has 2 N–H and O–H groups in total. The van der Waals surface area contributed by atoms with Gasteiger partial charge in [-0.05, 0) is 6.07 Å². The third-order valence-corrected chi connectivity index (χ3v) is 2.12. The molecule has 0 unspecified atom stereocenters. The smallest absolute Gasteiger partial charge is 0.217 e. The molecule has 0 radical (unpaired) electrons. The van der Waals surface area contributed by atoms with Gasteiger partial charge in [0.2, 0.25) is 5.91 Å². The standard InChI is InChI=1S/C10H10FN3O/c1-6(15)13-5-9-10(11)7-4-12-3-2-8(7)14-9/h2-4,14H,5H2,1H3,(H,13,15). The van der Waals surface area contributed by atoms with Crippen LogP contribution < -0.4 is 5.32 Å². The highest BCUT2D eigenvalue weighted by molar-refractivity contribution is 5.80. The van der Waals surface area contributed by atoms with Crippen molar-refractivity contribution < 1.29 is 9.18 Å². The maximum absolute atomic E-state index is 13.7. The second-order valence-corrected chi connectivity index (χ2v) is 3.25. The van der Waals surface area contributed by atoms with Crippen LogP contribution >= 0.6 is 0 Å². The van der Waals surface area contributed by atoms with E-state index in [4.69, 9.17) is 0 Å². The minimum atomic E-state index is -0.355. The van der Waals surface area contributed by atoms with Crippen LogP contribution in [0, 0.1) is 5.82 Å². The van der Waals surface area contributed by atoms with E-state index in [9.17, 15) is 9.18 Å². The van der Waals surface area contributed by atoms with Crippen molar-refractivity contribution in [3.05, 3.63) is 30.0 Å². The summed E-state index contributed by atoms with van der Waals surface area (Å²) in [6.45, 7) is 1.55. The van der Waals surface area contributed by atoms with Gasteiger partial charge in [-0.15, -0.1) is 0 Å². The van der Waals surface area contributed by atoms with Crippen LogP contribution in [0.3, 0.4) is 0 Å². The van der Waals surface area contributed by atoms with Crippen molar-refractivity contribution in [3.8, 4) is 0 Å². The van der Waals surface area contributed by atoms with E-state index >= 15 is 0 Å². The SMILES string of the molecule is CC(=O)NCc1[nH]c2ccncc2c1F. The van der Waals surface area contributed by atoms with Crippen molar-refractivity contribution in [2.24, 2.45) is 0 Å². The van der Waals surface area contributed by atoms with Gasteiger partial charge in [-0.2, -0.15) is 0 Å². The molecule has 5 heteroatoms. The van der Waals surface area contributed by atoms with Crippen LogP contribution in [0.4, 0.5) is 4.39 Å². The molecule has 0 saturated heterocycles. The topological polar surface area (TPSA) is 57.8 Å². The minimum Gasteiger partial charge on any atom is -0.354 e. The van der Waals surface area contributed by atoms with E-state index in [-0.39, 0.29) is 18.3 Å². The molecule has 0 saturated carbocycles. The molecule has 1 amide bonds. The molecule has 4 nitrogen and oxygen atoms in total. The average Bonchev–Trinajstić information content (AvgIpc) is 2.54. The summed E-state index contributed by atoms with van der Waals surface area (Å²) in [6.07, 6.45) is 3.04. The average molecular weight is 207 g/mol.